The zero-order valence-corrected chi connectivity index (χ0v) is 16.8. The minimum atomic E-state index is -0.340. The zero-order chi connectivity index (χ0) is 19.5. The van der Waals surface area contributed by atoms with Crippen molar-refractivity contribution in [3.05, 3.63) is 52.6 Å². The van der Waals surface area contributed by atoms with Crippen LogP contribution in [-0.2, 0) is 4.74 Å². The van der Waals surface area contributed by atoms with Crippen LogP contribution in [-0.4, -0.2) is 13.7 Å². The molecule has 2 aromatic rings. The van der Waals surface area contributed by atoms with E-state index >= 15 is 0 Å². The highest BCUT2D eigenvalue weighted by atomic mass is 16.5. The van der Waals surface area contributed by atoms with Crippen molar-refractivity contribution in [2.75, 3.05) is 13.7 Å². The van der Waals surface area contributed by atoms with Gasteiger partial charge < -0.3 is 13.9 Å². The first-order chi connectivity index (χ1) is 12.0. The maximum atomic E-state index is 11.6. The van der Waals surface area contributed by atoms with Gasteiger partial charge in [-0.15, -0.1) is 0 Å². The second-order valence-electron chi connectivity index (χ2n) is 8.62. The molecule has 26 heavy (non-hydrogen) atoms. The van der Waals surface area contributed by atoms with Crippen molar-refractivity contribution in [2.45, 2.75) is 47.5 Å². The summed E-state index contributed by atoms with van der Waals surface area (Å²) in [5.74, 6) is 1.50. The topological polar surface area (TPSA) is 48.7 Å². The summed E-state index contributed by atoms with van der Waals surface area (Å²) in [7, 11) is 1.66. The molecular weight excluding hydrogens is 328 g/mol. The highest BCUT2D eigenvalue weighted by Gasteiger charge is 2.30. The standard InChI is InChI=1S/C22H30O4/c1-15-10-20(23)26-19-11-17(8-9-18(15)19)25-14-22(5,6)13-21(3,4)12-16(2)24-7/h8-11H,2,12-14H2,1,3-7H3. The van der Waals surface area contributed by atoms with Gasteiger partial charge in [0.2, 0.25) is 0 Å². The van der Waals surface area contributed by atoms with E-state index in [1.54, 1.807) is 13.2 Å². The molecule has 0 amide bonds. The van der Waals surface area contributed by atoms with Crippen LogP contribution in [0.25, 0.3) is 11.0 Å². The molecule has 0 unspecified atom stereocenters. The van der Waals surface area contributed by atoms with Gasteiger partial charge in [-0.05, 0) is 41.9 Å². The van der Waals surface area contributed by atoms with Gasteiger partial charge >= 0.3 is 5.63 Å². The Hall–Kier alpha value is -2.23. The van der Waals surface area contributed by atoms with Gasteiger partial charge in [0.05, 0.1) is 19.5 Å². The summed E-state index contributed by atoms with van der Waals surface area (Å²) in [6.07, 6.45) is 1.78. The van der Waals surface area contributed by atoms with Gasteiger partial charge in [-0.3, -0.25) is 0 Å². The monoisotopic (exact) mass is 358 g/mol. The van der Waals surface area contributed by atoms with Gasteiger partial charge in [0.25, 0.3) is 0 Å². The Balaban J connectivity index is 2.08. The molecule has 0 N–H and O–H groups in total. The van der Waals surface area contributed by atoms with Crippen molar-refractivity contribution in [3.8, 4) is 5.75 Å². The molecule has 0 radical (unpaired) electrons. The van der Waals surface area contributed by atoms with Crippen LogP contribution in [0.3, 0.4) is 0 Å². The third-order valence-electron chi connectivity index (χ3n) is 4.47. The SMILES string of the molecule is C=C(CC(C)(C)CC(C)(C)COc1ccc2c(C)cc(=O)oc2c1)OC. The summed E-state index contributed by atoms with van der Waals surface area (Å²) in [5, 5.41) is 0.926. The van der Waals surface area contributed by atoms with E-state index in [2.05, 4.69) is 34.3 Å². The van der Waals surface area contributed by atoms with E-state index < -0.39 is 0 Å². The lowest BCUT2D eigenvalue weighted by atomic mass is 9.73. The molecule has 0 aliphatic carbocycles. The molecule has 0 fully saturated rings. The average molecular weight is 358 g/mol. The minimum Gasteiger partial charge on any atom is -0.502 e. The Bertz CT molecular complexity index is 843. The van der Waals surface area contributed by atoms with E-state index in [-0.39, 0.29) is 16.5 Å². The van der Waals surface area contributed by atoms with Crippen LogP contribution in [0.15, 0.2) is 45.8 Å². The highest BCUT2D eigenvalue weighted by Crippen LogP contribution is 2.38. The lowest BCUT2D eigenvalue weighted by Crippen LogP contribution is -2.29. The van der Waals surface area contributed by atoms with E-state index in [0.29, 0.717) is 17.9 Å². The molecule has 0 saturated heterocycles. The van der Waals surface area contributed by atoms with Crippen molar-refractivity contribution < 1.29 is 13.9 Å². The first-order valence-corrected chi connectivity index (χ1v) is 8.90. The van der Waals surface area contributed by atoms with E-state index in [0.717, 1.165) is 29.6 Å². The van der Waals surface area contributed by atoms with Crippen molar-refractivity contribution >= 4 is 11.0 Å². The lowest BCUT2D eigenvalue weighted by molar-refractivity contribution is 0.107. The molecular formula is C22H30O4. The summed E-state index contributed by atoms with van der Waals surface area (Å²) < 4.78 is 16.5. The Kier molecular flexibility index (Phi) is 5.84. The number of hydrogen-bond acceptors (Lipinski definition) is 4. The van der Waals surface area contributed by atoms with Crippen LogP contribution in [0.4, 0.5) is 0 Å². The third kappa shape index (κ3) is 5.38. The van der Waals surface area contributed by atoms with Crippen LogP contribution in [0, 0.1) is 17.8 Å². The molecule has 142 valence electrons. The molecule has 2 rings (SSSR count). The lowest BCUT2D eigenvalue weighted by Gasteiger charge is -2.35. The number of aryl methyl sites for hydroxylation is 1. The smallest absolute Gasteiger partial charge is 0.336 e. The molecule has 4 heteroatoms. The number of fused-ring (bicyclic) bond motifs is 1. The second-order valence-corrected chi connectivity index (χ2v) is 8.62. The molecule has 0 aliphatic heterocycles. The Labute approximate surface area is 155 Å². The quantitative estimate of drug-likeness (QED) is 0.463. The predicted octanol–water partition coefficient (Wildman–Crippen LogP) is 5.47. The maximum absolute atomic E-state index is 11.6. The summed E-state index contributed by atoms with van der Waals surface area (Å²) in [6, 6.07) is 7.14. The molecule has 0 bridgehead atoms. The summed E-state index contributed by atoms with van der Waals surface area (Å²) in [6.45, 7) is 15.2. The van der Waals surface area contributed by atoms with E-state index in [9.17, 15) is 4.79 Å². The Morgan fingerprint density at radius 2 is 1.85 bits per heavy atom. The van der Waals surface area contributed by atoms with Gasteiger partial charge in [0.15, 0.2) is 0 Å². The third-order valence-corrected chi connectivity index (χ3v) is 4.47. The average Bonchev–Trinajstić information content (AvgIpc) is 2.50. The van der Waals surface area contributed by atoms with Crippen molar-refractivity contribution in [2.24, 2.45) is 10.8 Å². The van der Waals surface area contributed by atoms with Gasteiger partial charge in [0.1, 0.15) is 11.3 Å². The number of methoxy groups -OCH3 is 1. The summed E-state index contributed by atoms with van der Waals surface area (Å²) >= 11 is 0. The normalized spacial score (nSPS) is 12.2. The number of benzene rings is 1. The molecule has 0 saturated carbocycles. The Morgan fingerprint density at radius 3 is 2.50 bits per heavy atom. The van der Waals surface area contributed by atoms with Crippen LogP contribution >= 0.6 is 0 Å². The van der Waals surface area contributed by atoms with Crippen molar-refractivity contribution in [3.63, 3.8) is 0 Å². The fourth-order valence-electron chi connectivity index (χ4n) is 3.69. The van der Waals surface area contributed by atoms with Crippen LogP contribution in [0.1, 0.15) is 46.1 Å². The van der Waals surface area contributed by atoms with Gasteiger partial charge in [-0.25, -0.2) is 4.79 Å². The van der Waals surface area contributed by atoms with E-state index in [1.165, 1.54) is 6.07 Å². The fourth-order valence-corrected chi connectivity index (χ4v) is 3.69. The van der Waals surface area contributed by atoms with Gasteiger partial charge in [-0.2, -0.15) is 0 Å². The molecule has 0 spiro atoms. The van der Waals surface area contributed by atoms with Gasteiger partial charge in [-0.1, -0.05) is 34.3 Å². The predicted molar refractivity (Wildman–Crippen MR) is 106 cm³/mol. The van der Waals surface area contributed by atoms with E-state index in [4.69, 9.17) is 13.9 Å². The van der Waals surface area contributed by atoms with E-state index in [1.807, 2.05) is 19.1 Å². The van der Waals surface area contributed by atoms with Gasteiger partial charge in [0, 0.05) is 23.9 Å². The Morgan fingerprint density at radius 1 is 1.15 bits per heavy atom. The van der Waals surface area contributed by atoms with Crippen LogP contribution in [0.5, 0.6) is 5.75 Å². The van der Waals surface area contributed by atoms with Crippen molar-refractivity contribution in [1.82, 2.24) is 0 Å². The molecule has 4 nitrogen and oxygen atoms in total. The minimum absolute atomic E-state index is 0.0279. The molecule has 0 aliphatic rings. The first-order valence-electron chi connectivity index (χ1n) is 8.90. The number of hydrogen-bond donors (Lipinski definition) is 0. The summed E-state index contributed by atoms with van der Waals surface area (Å²) in [5.41, 5.74) is 1.16. The van der Waals surface area contributed by atoms with Crippen LogP contribution < -0.4 is 10.4 Å². The highest BCUT2D eigenvalue weighted by molar-refractivity contribution is 5.81. The molecule has 0 atom stereocenters. The maximum Gasteiger partial charge on any atom is 0.336 e. The number of allylic oxidation sites excluding steroid dienone is 1. The molecule has 1 aromatic heterocycles. The second kappa shape index (κ2) is 7.56. The van der Waals surface area contributed by atoms with Crippen LogP contribution in [0.2, 0.25) is 0 Å². The largest absolute Gasteiger partial charge is 0.502 e. The van der Waals surface area contributed by atoms with Crippen molar-refractivity contribution in [1.29, 1.82) is 0 Å². The first kappa shape index (κ1) is 20.1. The zero-order valence-electron chi connectivity index (χ0n) is 16.8. The molecule has 1 heterocycles. The number of rotatable bonds is 8. The fraction of sp³-hybridized carbons (Fsp3) is 0.500. The number of ether oxygens (including phenoxy) is 2. The molecule has 1 aromatic carbocycles. The summed E-state index contributed by atoms with van der Waals surface area (Å²) in [4.78, 5) is 11.6.